The van der Waals surface area contributed by atoms with E-state index in [9.17, 15) is 5.11 Å². The fourth-order valence-corrected chi connectivity index (χ4v) is 2.61. The monoisotopic (exact) mass is 281 g/mol. The number of benzene rings is 1. The highest BCUT2D eigenvalue weighted by Gasteiger charge is 2.33. The lowest BCUT2D eigenvalue weighted by Crippen LogP contribution is -2.36. The first kappa shape index (κ1) is 14.9. The molecule has 0 unspecified atom stereocenters. The summed E-state index contributed by atoms with van der Waals surface area (Å²) in [4.78, 5) is 0. The largest absolute Gasteiger partial charge is 0.496 e. The van der Waals surface area contributed by atoms with E-state index < -0.39 is 12.1 Å². The summed E-state index contributed by atoms with van der Waals surface area (Å²) < 4.78 is 16.0. The molecular formula is C15H23NO4. The minimum absolute atomic E-state index is 0.265. The number of aliphatic hydroxyl groups excluding tert-OH is 1. The standard InChI is InChI=1S/C15H23NO4/c1-18-10-7-11(19-2)13(12(8-10)20-3)14(16)15(17)9-5-4-6-9/h7-9,14-15,17H,4-6,16H2,1-3H3/t14-,15+/m0/s1. The summed E-state index contributed by atoms with van der Waals surface area (Å²) in [6.45, 7) is 0. The Balaban J connectivity index is 2.36. The second-order valence-corrected chi connectivity index (χ2v) is 5.15. The van der Waals surface area contributed by atoms with Gasteiger partial charge in [0.2, 0.25) is 0 Å². The lowest BCUT2D eigenvalue weighted by Gasteiger charge is -2.34. The Morgan fingerprint density at radius 1 is 1.10 bits per heavy atom. The van der Waals surface area contributed by atoms with Crippen molar-refractivity contribution in [2.75, 3.05) is 21.3 Å². The first-order valence-electron chi connectivity index (χ1n) is 6.86. The van der Waals surface area contributed by atoms with Crippen molar-refractivity contribution < 1.29 is 19.3 Å². The zero-order valence-corrected chi connectivity index (χ0v) is 12.3. The molecule has 112 valence electrons. The van der Waals surface area contributed by atoms with Crippen LogP contribution in [0.4, 0.5) is 0 Å². The molecule has 1 aliphatic rings. The maximum Gasteiger partial charge on any atom is 0.131 e. The zero-order chi connectivity index (χ0) is 14.7. The van der Waals surface area contributed by atoms with Crippen LogP contribution in [0.2, 0.25) is 0 Å². The Morgan fingerprint density at radius 3 is 2.00 bits per heavy atom. The third kappa shape index (κ3) is 2.69. The second-order valence-electron chi connectivity index (χ2n) is 5.15. The first-order chi connectivity index (χ1) is 9.62. The summed E-state index contributed by atoms with van der Waals surface area (Å²) in [5, 5.41) is 10.4. The maximum atomic E-state index is 10.4. The van der Waals surface area contributed by atoms with Crippen molar-refractivity contribution in [3.63, 3.8) is 0 Å². The Morgan fingerprint density at radius 2 is 1.65 bits per heavy atom. The number of rotatable bonds is 6. The van der Waals surface area contributed by atoms with E-state index in [2.05, 4.69) is 0 Å². The molecule has 1 saturated carbocycles. The molecule has 2 atom stereocenters. The molecule has 0 amide bonds. The lowest BCUT2D eigenvalue weighted by molar-refractivity contribution is 0.0401. The van der Waals surface area contributed by atoms with Crippen LogP contribution in [-0.2, 0) is 0 Å². The van der Waals surface area contributed by atoms with Gasteiger partial charge in [0.1, 0.15) is 17.2 Å². The Hall–Kier alpha value is -1.46. The van der Waals surface area contributed by atoms with Crippen LogP contribution in [0, 0.1) is 5.92 Å². The van der Waals surface area contributed by atoms with Crippen molar-refractivity contribution >= 4 is 0 Å². The summed E-state index contributed by atoms with van der Waals surface area (Å²) in [5.74, 6) is 2.05. The topological polar surface area (TPSA) is 73.9 Å². The van der Waals surface area contributed by atoms with Gasteiger partial charge in [-0.25, -0.2) is 0 Å². The molecule has 1 aromatic rings. The number of methoxy groups -OCH3 is 3. The van der Waals surface area contributed by atoms with Gasteiger partial charge in [-0.3, -0.25) is 0 Å². The van der Waals surface area contributed by atoms with Gasteiger partial charge in [-0.15, -0.1) is 0 Å². The average molecular weight is 281 g/mol. The average Bonchev–Trinajstić information content (AvgIpc) is 2.42. The van der Waals surface area contributed by atoms with Gasteiger partial charge in [0.25, 0.3) is 0 Å². The summed E-state index contributed by atoms with van der Waals surface area (Å²) in [6, 6.07) is 2.98. The van der Waals surface area contributed by atoms with Gasteiger partial charge in [0, 0.05) is 12.1 Å². The van der Waals surface area contributed by atoms with Crippen molar-refractivity contribution in [3.8, 4) is 17.2 Å². The highest BCUT2D eigenvalue weighted by atomic mass is 16.5. The lowest BCUT2D eigenvalue weighted by atomic mass is 9.77. The SMILES string of the molecule is COc1cc(OC)c([C@H](N)[C@H](O)C2CCC2)c(OC)c1. The summed E-state index contributed by atoms with van der Waals surface area (Å²) >= 11 is 0. The van der Waals surface area contributed by atoms with Gasteiger partial charge in [0.15, 0.2) is 0 Å². The third-order valence-electron chi connectivity index (χ3n) is 4.09. The Kier molecular flexibility index (Phi) is 4.73. The van der Waals surface area contributed by atoms with Gasteiger partial charge < -0.3 is 25.1 Å². The van der Waals surface area contributed by atoms with E-state index in [1.165, 1.54) is 0 Å². The quantitative estimate of drug-likeness (QED) is 0.832. The predicted octanol–water partition coefficient (Wildman–Crippen LogP) is 1.87. The minimum Gasteiger partial charge on any atom is -0.496 e. The molecule has 2 rings (SSSR count). The van der Waals surface area contributed by atoms with E-state index in [0.29, 0.717) is 22.8 Å². The highest BCUT2D eigenvalue weighted by Crippen LogP contribution is 2.42. The van der Waals surface area contributed by atoms with Crippen LogP contribution in [0.1, 0.15) is 30.9 Å². The second kappa shape index (κ2) is 6.33. The van der Waals surface area contributed by atoms with Gasteiger partial charge in [-0.05, 0) is 18.8 Å². The molecule has 0 aromatic heterocycles. The molecule has 0 aliphatic heterocycles. The van der Waals surface area contributed by atoms with E-state index in [4.69, 9.17) is 19.9 Å². The fourth-order valence-electron chi connectivity index (χ4n) is 2.61. The number of nitrogens with two attached hydrogens (primary N) is 1. The van der Waals surface area contributed by atoms with E-state index in [-0.39, 0.29) is 5.92 Å². The molecule has 20 heavy (non-hydrogen) atoms. The Bertz CT molecular complexity index is 434. The number of ether oxygens (including phenoxy) is 3. The van der Waals surface area contributed by atoms with Crippen molar-refractivity contribution in [1.29, 1.82) is 0 Å². The molecule has 5 nitrogen and oxygen atoms in total. The van der Waals surface area contributed by atoms with Crippen molar-refractivity contribution in [3.05, 3.63) is 17.7 Å². The van der Waals surface area contributed by atoms with Gasteiger partial charge >= 0.3 is 0 Å². The van der Waals surface area contributed by atoms with Crippen LogP contribution in [0.3, 0.4) is 0 Å². The van der Waals surface area contributed by atoms with Gasteiger partial charge in [-0.1, -0.05) is 6.42 Å². The third-order valence-corrected chi connectivity index (χ3v) is 4.09. The van der Waals surface area contributed by atoms with Crippen LogP contribution < -0.4 is 19.9 Å². The predicted molar refractivity (Wildman–Crippen MR) is 76.4 cm³/mol. The highest BCUT2D eigenvalue weighted by molar-refractivity contribution is 5.52. The number of hydrogen-bond acceptors (Lipinski definition) is 5. The van der Waals surface area contributed by atoms with Crippen LogP contribution in [-0.4, -0.2) is 32.5 Å². The molecule has 1 fully saturated rings. The molecule has 3 N–H and O–H groups in total. The van der Waals surface area contributed by atoms with Crippen LogP contribution >= 0.6 is 0 Å². The summed E-state index contributed by atoms with van der Waals surface area (Å²) in [5.41, 5.74) is 6.93. The molecule has 0 heterocycles. The first-order valence-corrected chi connectivity index (χ1v) is 6.86. The van der Waals surface area contributed by atoms with E-state index >= 15 is 0 Å². The molecule has 0 radical (unpaired) electrons. The zero-order valence-electron chi connectivity index (χ0n) is 12.3. The van der Waals surface area contributed by atoms with Crippen molar-refractivity contribution in [2.45, 2.75) is 31.4 Å². The smallest absolute Gasteiger partial charge is 0.131 e. The minimum atomic E-state index is -0.583. The fraction of sp³-hybridized carbons (Fsp3) is 0.600. The molecule has 0 spiro atoms. The maximum absolute atomic E-state index is 10.4. The molecular weight excluding hydrogens is 258 g/mol. The van der Waals surface area contributed by atoms with Crippen molar-refractivity contribution in [2.24, 2.45) is 11.7 Å². The van der Waals surface area contributed by atoms with Crippen molar-refractivity contribution in [1.82, 2.24) is 0 Å². The van der Waals surface area contributed by atoms with Crippen LogP contribution in [0.15, 0.2) is 12.1 Å². The summed E-state index contributed by atoms with van der Waals surface area (Å²) in [6.07, 6.45) is 2.62. The van der Waals surface area contributed by atoms with E-state index in [1.54, 1.807) is 33.5 Å². The van der Waals surface area contributed by atoms with Crippen LogP contribution in [0.5, 0.6) is 17.2 Å². The number of aliphatic hydroxyl groups is 1. The molecule has 0 saturated heterocycles. The molecule has 0 bridgehead atoms. The molecule has 5 heteroatoms. The molecule has 1 aromatic carbocycles. The number of hydrogen-bond donors (Lipinski definition) is 2. The van der Waals surface area contributed by atoms with Gasteiger partial charge in [-0.2, -0.15) is 0 Å². The summed E-state index contributed by atoms with van der Waals surface area (Å²) in [7, 11) is 4.72. The molecule has 1 aliphatic carbocycles. The Labute approximate surface area is 119 Å². The van der Waals surface area contributed by atoms with Crippen LogP contribution in [0.25, 0.3) is 0 Å². The van der Waals surface area contributed by atoms with E-state index in [0.717, 1.165) is 19.3 Å². The van der Waals surface area contributed by atoms with E-state index in [1.807, 2.05) is 0 Å². The normalized spacial score (nSPS) is 18.1. The van der Waals surface area contributed by atoms with Gasteiger partial charge in [0.05, 0.1) is 39.0 Å².